The Labute approximate surface area is 119 Å². The van der Waals surface area contributed by atoms with Gasteiger partial charge in [-0.15, -0.1) is 0 Å². The zero-order valence-corrected chi connectivity index (χ0v) is 12.3. The van der Waals surface area contributed by atoms with Crippen LogP contribution in [0.1, 0.15) is 5.56 Å². The van der Waals surface area contributed by atoms with Crippen LogP contribution < -0.4 is 14.2 Å². The quantitative estimate of drug-likeness (QED) is 0.903. The maximum atomic E-state index is 10.3. The highest BCUT2D eigenvalue weighted by Crippen LogP contribution is 2.40. The normalized spacial score (nSPS) is 19.4. The molecule has 0 saturated carbocycles. The van der Waals surface area contributed by atoms with Gasteiger partial charge in [0.05, 0.1) is 33.0 Å². The molecule has 0 unspecified atom stereocenters. The van der Waals surface area contributed by atoms with Crippen molar-refractivity contribution in [2.24, 2.45) is 0 Å². The molecule has 1 N–H and O–H groups in total. The summed E-state index contributed by atoms with van der Waals surface area (Å²) in [6, 6.07) is 3.59. The van der Waals surface area contributed by atoms with Crippen LogP contribution in [0.15, 0.2) is 18.2 Å². The van der Waals surface area contributed by atoms with E-state index in [1.807, 2.05) is 13.1 Å². The number of nitrogens with zero attached hydrogens (tertiary/aromatic N) is 1. The largest absolute Gasteiger partial charge is 0.496 e. The first-order chi connectivity index (χ1) is 9.60. The SMILES string of the molecule is COc1cc(OC)c(C2=CCN(C)C[C@@H]2O)c(OC)c1. The average Bonchev–Trinajstić information content (AvgIpc) is 2.46. The van der Waals surface area contributed by atoms with Gasteiger partial charge >= 0.3 is 0 Å². The minimum absolute atomic E-state index is 0.565. The van der Waals surface area contributed by atoms with Crippen LogP contribution in [0.2, 0.25) is 0 Å². The molecule has 5 nitrogen and oxygen atoms in total. The van der Waals surface area contributed by atoms with Crippen molar-refractivity contribution in [1.29, 1.82) is 0 Å². The highest BCUT2D eigenvalue weighted by Gasteiger charge is 2.25. The van der Waals surface area contributed by atoms with E-state index < -0.39 is 6.10 Å². The Hall–Kier alpha value is -1.72. The monoisotopic (exact) mass is 279 g/mol. The second kappa shape index (κ2) is 6.15. The first-order valence-corrected chi connectivity index (χ1v) is 6.47. The van der Waals surface area contributed by atoms with Crippen molar-refractivity contribution in [3.8, 4) is 17.2 Å². The Morgan fingerprint density at radius 3 is 2.15 bits per heavy atom. The Kier molecular flexibility index (Phi) is 4.52. The van der Waals surface area contributed by atoms with Gasteiger partial charge in [0.15, 0.2) is 0 Å². The van der Waals surface area contributed by atoms with Crippen molar-refractivity contribution in [2.45, 2.75) is 6.10 Å². The third-order valence-corrected chi connectivity index (χ3v) is 3.47. The molecule has 20 heavy (non-hydrogen) atoms. The molecule has 5 heteroatoms. The molecule has 0 radical (unpaired) electrons. The molecule has 1 aliphatic rings. The van der Waals surface area contributed by atoms with Crippen LogP contribution in [0.5, 0.6) is 17.2 Å². The van der Waals surface area contributed by atoms with Crippen LogP contribution in [0.4, 0.5) is 0 Å². The zero-order valence-electron chi connectivity index (χ0n) is 12.3. The molecule has 110 valence electrons. The molecule has 2 rings (SSSR count). The first kappa shape index (κ1) is 14.7. The van der Waals surface area contributed by atoms with Gasteiger partial charge in [-0.1, -0.05) is 6.08 Å². The number of aliphatic hydroxyl groups excluding tert-OH is 1. The van der Waals surface area contributed by atoms with Crippen LogP contribution in [0, 0.1) is 0 Å². The van der Waals surface area contributed by atoms with Gasteiger partial charge in [0.1, 0.15) is 17.2 Å². The highest BCUT2D eigenvalue weighted by molar-refractivity contribution is 5.79. The van der Waals surface area contributed by atoms with E-state index >= 15 is 0 Å². The van der Waals surface area contributed by atoms with Crippen LogP contribution in [-0.2, 0) is 0 Å². The molecule has 1 aromatic rings. The number of ether oxygens (including phenoxy) is 3. The highest BCUT2D eigenvalue weighted by atomic mass is 16.5. The van der Waals surface area contributed by atoms with Crippen molar-refractivity contribution < 1.29 is 19.3 Å². The van der Waals surface area contributed by atoms with Crippen LogP contribution >= 0.6 is 0 Å². The summed E-state index contributed by atoms with van der Waals surface area (Å²) in [4.78, 5) is 2.05. The number of hydrogen-bond acceptors (Lipinski definition) is 5. The molecule has 0 fully saturated rings. The maximum Gasteiger partial charge on any atom is 0.133 e. The lowest BCUT2D eigenvalue weighted by Crippen LogP contribution is -2.34. The lowest BCUT2D eigenvalue weighted by molar-refractivity contribution is 0.169. The van der Waals surface area contributed by atoms with Gasteiger partial charge in [0.25, 0.3) is 0 Å². The molecule has 1 atom stereocenters. The van der Waals surface area contributed by atoms with Crippen molar-refractivity contribution >= 4 is 5.57 Å². The van der Waals surface area contributed by atoms with Gasteiger partial charge in [-0.05, 0) is 12.6 Å². The number of rotatable bonds is 4. The number of aliphatic hydroxyl groups is 1. The minimum atomic E-state index is -0.565. The number of benzene rings is 1. The summed E-state index contributed by atoms with van der Waals surface area (Å²) >= 11 is 0. The Morgan fingerprint density at radius 2 is 1.70 bits per heavy atom. The molecule has 0 saturated heterocycles. The molecule has 0 amide bonds. The van der Waals surface area contributed by atoms with Crippen LogP contribution in [-0.4, -0.2) is 57.6 Å². The van der Waals surface area contributed by atoms with Gasteiger partial charge in [-0.3, -0.25) is 4.90 Å². The van der Waals surface area contributed by atoms with Crippen molar-refractivity contribution in [1.82, 2.24) is 4.90 Å². The van der Waals surface area contributed by atoms with E-state index in [2.05, 4.69) is 4.90 Å². The van der Waals surface area contributed by atoms with E-state index in [9.17, 15) is 5.11 Å². The Bertz CT molecular complexity index is 488. The van der Waals surface area contributed by atoms with E-state index in [1.54, 1.807) is 33.5 Å². The third-order valence-electron chi connectivity index (χ3n) is 3.47. The van der Waals surface area contributed by atoms with Crippen LogP contribution in [0.3, 0.4) is 0 Å². The summed E-state index contributed by atoms with van der Waals surface area (Å²) < 4.78 is 16.1. The van der Waals surface area contributed by atoms with E-state index in [0.29, 0.717) is 23.8 Å². The van der Waals surface area contributed by atoms with E-state index in [4.69, 9.17) is 14.2 Å². The van der Waals surface area contributed by atoms with Crippen molar-refractivity contribution in [3.05, 3.63) is 23.8 Å². The molecule has 1 aromatic carbocycles. The summed E-state index contributed by atoms with van der Waals surface area (Å²) in [6.45, 7) is 1.37. The van der Waals surface area contributed by atoms with Gasteiger partial charge in [0.2, 0.25) is 0 Å². The fourth-order valence-electron chi connectivity index (χ4n) is 2.42. The smallest absolute Gasteiger partial charge is 0.133 e. The third kappa shape index (κ3) is 2.73. The predicted molar refractivity (Wildman–Crippen MR) is 77.6 cm³/mol. The molecule has 0 aliphatic carbocycles. The minimum Gasteiger partial charge on any atom is -0.496 e. The summed E-state index contributed by atoms with van der Waals surface area (Å²) in [6.07, 6.45) is 1.44. The van der Waals surface area contributed by atoms with E-state index in [1.165, 1.54) is 0 Å². The van der Waals surface area contributed by atoms with Gasteiger partial charge in [0, 0.05) is 25.2 Å². The Morgan fingerprint density at radius 1 is 1.10 bits per heavy atom. The lowest BCUT2D eigenvalue weighted by Gasteiger charge is -2.28. The van der Waals surface area contributed by atoms with E-state index in [0.717, 1.165) is 17.7 Å². The first-order valence-electron chi connectivity index (χ1n) is 6.47. The number of hydrogen-bond donors (Lipinski definition) is 1. The molecule has 1 aliphatic heterocycles. The van der Waals surface area contributed by atoms with Gasteiger partial charge in [-0.25, -0.2) is 0 Å². The standard InChI is InChI=1S/C15H21NO4/c1-16-6-5-11(12(17)9-16)15-13(19-3)7-10(18-2)8-14(15)20-4/h5,7-8,12,17H,6,9H2,1-4H3/t12-/m0/s1. The summed E-state index contributed by atoms with van der Waals surface area (Å²) in [5, 5.41) is 10.3. The maximum absolute atomic E-state index is 10.3. The molecule has 0 aromatic heterocycles. The average molecular weight is 279 g/mol. The molecule has 1 heterocycles. The van der Waals surface area contributed by atoms with Gasteiger partial charge in [-0.2, -0.15) is 0 Å². The topological polar surface area (TPSA) is 51.2 Å². The van der Waals surface area contributed by atoms with Crippen molar-refractivity contribution in [2.75, 3.05) is 41.5 Å². The van der Waals surface area contributed by atoms with Crippen LogP contribution in [0.25, 0.3) is 5.57 Å². The summed E-state index contributed by atoms with van der Waals surface area (Å²) in [5.41, 5.74) is 1.62. The fraction of sp³-hybridized carbons (Fsp3) is 0.467. The summed E-state index contributed by atoms with van der Waals surface area (Å²) in [5.74, 6) is 1.93. The predicted octanol–water partition coefficient (Wildman–Crippen LogP) is 1.40. The number of methoxy groups -OCH3 is 3. The second-order valence-corrected chi connectivity index (χ2v) is 4.80. The number of likely N-dealkylation sites (N-methyl/N-ethyl adjacent to an activating group) is 1. The van der Waals surface area contributed by atoms with Gasteiger partial charge < -0.3 is 19.3 Å². The second-order valence-electron chi connectivity index (χ2n) is 4.80. The number of β-amino-alcohol motifs (C(OH)–C–C–N with tert-alkyl or cyclic N) is 1. The zero-order chi connectivity index (χ0) is 14.7. The molecule has 0 bridgehead atoms. The summed E-state index contributed by atoms with van der Waals surface area (Å²) in [7, 11) is 6.76. The lowest BCUT2D eigenvalue weighted by atomic mass is 9.95. The van der Waals surface area contributed by atoms with E-state index in [-0.39, 0.29) is 0 Å². The molecular formula is C15H21NO4. The molecular weight excluding hydrogens is 258 g/mol. The fourth-order valence-corrected chi connectivity index (χ4v) is 2.42. The Balaban J connectivity index is 2.54. The van der Waals surface area contributed by atoms with Crippen molar-refractivity contribution in [3.63, 3.8) is 0 Å². The molecule has 0 spiro atoms.